The van der Waals surface area contributed by atoms with Crippen LogP contribution in [0, 0.1) is 12.3 Å². The second-order valence-electron chi connectivity index (χ2n) is 10.5. The van der Waals surface area contributed by atoms with E-state index in [-0.39, 0.29) is 21.1 Å². The molecule has 0 fully saturated rings. The smallest absolute Gasteiger partial charge is 0.102 e. The quantitative estimate of drug-likeness (QED) is 0.118. The van der Waals surface area contributed by atoms with Crippen LogP contribution in [0.4, 0.5) is 0 Å². The zero-order valence-corrected chi connectivity index (χ0v) is 30.4. The molecule has 3 heteroatoms. The molecule has 47 heavy (non-hydrogen) atoms. The van der Waals surface area contributed by atoms with Crippen molar-refractivity contribution in [2.75, 3.05) is 0 Å². The topological polar surface area (TPSA) is 0 Å². The molecule has 0 bridgehead atoms. The fraction of sp³-hybridized carbons (Fsp3) is 0. The molecule has 0 unspecified atom stereocenters. The number of benzene rings is 7. The zero-order chi connectivity index (χ0) is 31.7. The standard InChI is InChI=1S/2C18H15P.C8H6.Pt/c2*1-4-10-16(11-5-1)19(17-12-6-2-7-13-17)18-14-8-3-9-15-18;1-2-8-6-4-3-5-7-8;/h2*1-15H;1,3-7H;/p+2. The van der Waals surface area contributed by atoms with E-state index in [4.69, 9.17) is 6.42 Å². The van der Waals surface area contributed by atoms with E-state index in [1.54, 1.807) is 0 Å². The first-order valence-corrected chi connectivity index (χ1v) is 18.4. The largest absolute Gasteiger partial charge is 0.115 e. The van der Waals surface area contributed by atoms with Gasteiger partial charge in [0.2, 0.25) is 0 Å². The summed E-state index contributed by atoms with van der Waals surface area (Å²) in [4.78, 5) is 0. The molecule has 0 aliphatic rings. The summed E-state index contributed by atoms with van der Waals surface area (Å²) in [6, 6.07) is 74.6. The maximum Gasteiger partial charge on any atom is 0.102 e. The van der Waals surface area contributed by atoms with Gasteiger partial charge in [0.05, 0.1) is 15.8 Å². The maximum absolute atomic E-state index is 5.10. The van der Waals surface area contributed by atoms with E-state index in [9.17, 15) is 0 Å². The van der Waals surface area contributed by atoms with Gasteiger partial charge in [-0.15, -0.1) is 6.42 Å². The van der Waals surface area contributed by atoms with Gasteiger partial charge in [0.15, 0.2) is 0 Å². The minimum Gasteiger partial charge on any atom is -0.115 e. The molecule has 232 valence electrons. The monoisotopic (exact) mass is 823 g/mol. The third-order valence-corrected chi connectivity index (χ3v) is 12.8. The van der Waals surface area contributed by atoms with Crippen LogP contribution in [-0.2, 0) is 21.1 Å². The van der Waals surface area contributed by atoms with Crippen molar-refractivity contribution in [2.45, 2.75) is 0 Å². The van der Waals surface area contributed by atoms with Gasteiger partial charge in [0.1, 0.15) is 31.8 Å². The minimum absolute atomic E-state index is 0. The number of rotatable bonds is 6. The molecule has 0 aliphatic heterocycles. The summed E-state index contributed by atoms with van der Waals surface area (Å²) in [6.45, 7) is 0. The molecular weight excluding hydrogens is 786 g/mol. The van der Waals surface area contributed by atoms with Crippen LogP contribution in [0.2, 0.25) is 0 Å². The van der Waals surface area contributed by atoms with Gasteiger partial charge in [-0.3, -0.25) is 0 Å². The third-order valence-electron chi connectivity index (χ3n) is 7.32. The van der Waals surface area contributed by atoms with Gasteiger partial charge in [-0.1, -0.05) is 133 Å². The summed E-state index contributed by atoms with van der Waals surface area (Å²) < 4.78 is 0. The molecule has 0 aliphatic carbocycles. The normalized spacial score (nSPS) is 9.89. The van der Waals surface area contributed by atoms with E-state index in [1.165, 1.54) is 31.8 Å². The van der Waals surface area contributed by atoms with Crippen LogP contribution in [0.25, 0.3) is 0 Å². The van der Waals surface area contributed by atoms with Gasteiger partial charge in [-0.05, 0) is 84.9 Å². The van der Waals surface area contributed by atoms with Gasteiger partial charge in [0.25, 0.3) is 0 Å². The van der Waals surface area contributed by atoms with Crippen LogP contribution in [0.3, 0.4) is 0 Å². The molecule has 7 rings (SSSR count). The van der Waals surface area contributed by atoms with E-state index < -0.39 is 15.8 Å². The Morgan fingerprint density at radius 2 is 0.447 bits per heavy atom. The van der Waals surface area contributed by atoms with Crippen molar-refractivity contribution in [3.8, 4) is 12.3 Å². The maximum atomic E-state index is 5.10. The molecular formula is C44H38P2Pt+2. The van der Waals surface area contributed by atoms with Gasteiger partial charge in [-0.25, -0.2) is 0 Å². The van der Waals surface area contributed by atoms with Crippen molar-refractivity contribution in [1.29, 1.82) is 0 Å². The summed E-state index contributed by atoms with van der Waals surface area (Å²) in [5.41, 5.74) is 0.938. The molecule has 0 saturated carbocycles. The first kappa shape index (κ1) is 35.5. The Morgan fingerprint density at radius 3 is 0.596 bits per heavy atom. The molecule has 0 saturated heterocycles. The average molecular weight is 824 g/mol. The van der Waals surface area contributed by atoms with E-state index in [2.05, 4.69) is 188 Å². The molecule has 0 radical (unpaired) electrons. The minimum atomic E-state index is -0.877. The molecule has 0 heterocycles. The molecule has 0 nitrogen and oxygen atoms in total. The average Bonchev–Trinajstić information content (AvgIpc) is 3.15. The molecule has 0 amide bonds. The van der Waals surface area contributed by atoms with E-state index in [0.29, 0.717) is 0 Å². The van der Waals surface area contributed by atoms with Crippen LogP contribution >= 0.6 is 15.8 Å². The summed E-state index contributed by atoms with van der Waals surface area (Å²) in [5.74, 6) is 2.53. The molecule has 0 aromatic heterocycles. The van der Waals surface area contributed by atoms with Gasteiger partial charge < -0.3 is 0 Å². The first-order valence-electron chi connectivity index (χ1n) is 15.4. The fourth-order valence-electron chi connectivity index (χ4n) is 5.16. The van der Waals surface area contributed by atoms with Crippen molar-refractivity contribution in [2.24, 2.45) is 0 Å². The Hall–Kier alpha value is -4.35. The van der Waals surface area contributed by atoms with Gasteiger partial charge in [0, 0.05) is 26.6 Å². The Kier molecular flexibility index (Phi) is 15.1. The molecule has 0 N–H and O–H groups in total. The summed E-state index contributed by atoms with van der Waals surface area (Å²) in [5, 5.41) is 8.61. The van der Waals surface area contributed by atoms with Crippen LogP contribution in [0.5, 0.6) is 0 Å². The van der Waals surface area contributed by atoms with Crippen molar-refractivity contribution in [1.82, 2.24) is 0 Å². The van der Waals surface area contributed by atoms with Crippen molar-refractivity contribution in [3.05, 3.63) is 218 Å². The summed E-state index contributed by atoms with van der Waals surface area (Å²) in [7, 11) is -1.75. The van der Waals surface area contributed by atoms with E-state index >= 15 is 0 Å². The van der Waals surface area contributed by atoms with Gasteiger partial charge >= 0.3 is 0 Å². The van der Waals surface area contributed by atoms with E-state index in [0.717, 1.165) is 5.56 Å². The van der Waals surface area contributed by atoms with Crippen molar-refractivity contribution >= 4 is 47.7 Å². The van der Waals surface area contributed by atoms with Gasteiger partial charge in [-0.2, -0.15) is 0 Å². The summed E-state index contributed by atoms with van der Waals surface area (Å²) in [6.07, 6.45) is 5.10. The van der Waals surface area contributed by atoms with Crippen LogP contribution in [0.1, 0.15) is 5.56 Å². The predicted molar refractivity (Wildman–Crippen MR) is 207 cm³/mol. The molecule has 7 aromatic carbocycles. The number of hydrogen-bond acceptors (Lipinski definition) is 0. The van der Waals surface area contributed by atoms with Crippen LogP contribution in [0.15, 0.2) is 212 Å². The fourth-order valence-corrected chi connectivity index (χ4v) is 10.3. The summed E-state index contributed by atoms with van der Waals surface area (Å²) >= 11 is 0. The predicted octanol–water partition coefficient (Wildman–Crippen LogP) is 8.02. The van der Waals surface area contributed by atoms with Crippen LogP contribution < -0.4 is 31.8 Å². The Bertz CT molecular complexity index is 1550. The first-order chi connectivity index (χ1) is 22.8. The molecule has 0 atom stereocenters. The Balaban J connectivity index is 0.000000171. The Morgan fingerprint density at radius 1 is 0.277 bits per heavy atom. The van der Waals surface area contributed by atoms with Crippen LogP contribution in [-0.4, -0.2) is 0 Å². The van der Waals surface area contributed by atoms with Crippen molar-refractivity contribution in [3.63, 3.8) is 0 Å². The zero-order valence-electron chi connectivity index (χ0n) is 26.1. The molecule has 0 spiro atoms. The number of terminal acetylenes is 1. The molecule has 7 aromatic rings. The Labute approximate surface area is 297 Å². The van der Waals surface area contributed by atoms with Crippen molar-refractivity contribution < 1.29 is 21.1 Å². The second kappa shape index (κ2) is 20.0. The third kappa shape index (κ3) is 10.9. The van der Waals surface area contributed by atoms with E-state index in [1.807, 2.05) is 30.3 Å². The number of hydrogen-bond donors (Lipinski definition) is 0. The SMILES string of the molecule is C#Cc1ccccc1.[Pt].c1ccc([PH+](c2ccccc2)c2ccccc2)cc1.c1ccc([PH+](c2ccccc2)c2ccccc2)cc1. The second-order valence-corrected chi connectivity index (χ2v) is 15.4.